The second-order valence-electron chi connectivity index (χ2n) is 12.6. The normalized spacial score (nSPS) is 19.3. The van der Waals surface area contributed by atoms with Gasteiger partial charge in [0.1, 0.15) is 11.5 Å². The Labute approximate surface area is 303 Å². The van der Waals surface area contributed by atoms with Gasteiger partial charge in [-0.15, -0.1) is 24.8 Å². The lowest BCUT2D eigenvalue weighted by molar-refractivity contribution is -0.0294. The first kappa shape index (κ1) is 37.3. The van der Waals surface area contributed by atoms with Crippen molar-refractivity contribution in [3.8, 4) is 11.8 Å². The number of hydrogen-bond donors (Lipinski definition) is 0. The number of fused-ring (bicyclic) bond motifs is 1. The number of halogens is 4. The highest BCUT2D eigenvalue weighted by Crippen LogP contribution is 2.42. The summed E-state index contributed by atoms with van der Waals surface area (Å²) >= 11 is 0. The van der Waals surface area contributed by atoms with Crippen LogP contribution in [0.3, 0.4) is 0 Å². The second kappa shape index (κ2) is 16.8. The number of nitrogens with zero attached hydrogens (tertiary/aromatic N) is 7. The zero-order valence-electron chi connectivity index (χ0n) is 27.7. The molecule has 2 aliphatic heterocycles. The number of methoxy groups -OCH3 is 1. The molecule has 10 nitrogen and oxygen atoms in total. The topological polar surface area (TPSA) is 96.8 Å². The summed E-state index contributed by atoms with van der Waals surface area (Å²) in [6.45, 7) is 2.62. The molecule has 0 radical (unpaired) electrons. The lowest BCUT2D eigenvalue weighted by atomic mass is 9.81. The summed E-state index contributed by atoms with van der Waals surface area (Å²) in [6, 6.07) is 21.0. The molecule has 0 spiro atoms. The van der Waals surface area contributed by atoms with Gasteiger partial charge in [-0.05, 0) is 24.0 Å². The molecule has 3 aliphatic rings. The highest BCUT2D eigenvalue weighted by Gasteiger charge is 2.44. The van der Waals surface area contributed by atoms with Crippen LogP contribution >= 0.6 is 24.8 Å². The van der Waals surface area contributed by atoms with E-state index < -0.39 is 13.0 Å². The van der Waals surface area contributed by atoms with Crippen LogP contribution in [0, 0.1) is 0 Å². The number of piperazine rings is 2. The summed E-state index contributed by atoms with van der Waals surface area (Å²) in [5, 5.41) is 0. The van der Waals surface area contributed by atoms with Crippen molar-refractivity contribution in [1.82, 2.24) is 34.6 Å². The quantitative estimate of drug-likeness (QED) is 0.199. The van der Waals surface area contributed by atoms with E-state index in [1.54, 1.807) is 6.20 Å². The summed E-state index contributed by atoms with van der Waals surface area (Å²) < 4.78 is 38.1. The molecule has 1 amide bonds. The molecule has 4 aromatic rings. The predicted molar refractivity (Wildman–Crippen MR) is 189 cm³/mol. The Balaban J connectivity index is 0.00000243. The van der Waals surface area contributed by atoms with Crippen molar-refractivity contribution in [2.24, 2.45) is 0 Å². The molecule has 3 fully saturated rings. The van der Waals surface area contributed by atoms with Crippen molar-refractivity contribution in [1.29, 1.82) is 0 Å². The summed E-state index contributed by atoms with van der Waals surface area (Å²) in [4.78, 5) is 37.9. The van der Waals surface area contributed by atoms with Gasteiger partial charge in [-0.2, -0.15) is 9.97 Å². The van der Waals surface area contributed by atoms with Gasteiger partial charge in [0.2, 0.25) is 11.8 Å². The second-order valence-corrected chi connectivity index (χ2v) is 12.6. The van der Waals surface area contributed by atoms with Crippen LogP contribution in [0.1, 0.15) is 57.7 Å². The third-order valence-electron chi connectivity index (χ3n) is 9.45. The number of carbonyl (C=O) groups is 1. The minimum atomic E-state index is -2.64. The first-order valence-corrected chi connectivity index (χ1v) is 16.5. The van der Waals surface area contributed by atoms with E-state index in [1.165, 1.54) is 30.6 Å². The molecule has 266 valence electrons. The van der Waals surface area contributed by atoms with Crippen LogP contribution in [0.25, 0.3) is 0 Å². The maximum absolute atomic E-state index is 13.5. The summed E-state index contributed by atoms with van der Waals surface area (Å²) in [5.41, 5.74) is 3.26. The number of carbonyl (C=O) groups excluding carboxylic acids is 1. The minimum Gasteiger partial charge on any atom is -0.481 e. The fourth-order valence-corrected chi connectivity index (χ4v) is 7.12. The number of rotatable bonds is 11. The fourth-order valence-electron chi connectivity index (χ4n) is 7.12. The number of ether oxygens (including phenoxy) is 2. The van der Waals surface area contributed by atoms with Crippen LogP contribution in [-0.4, -0.2) is 105 Å². The largest absolute Gasteiger partial charge is 0.481 e. The Morgan fingerprint density at radius 2 is 1.58 bits per heavy atom. The van der Waals surface area contributed by atoms with E-state index in [1.807, 2.05) is 17.0 Å². The van der Waals surface area contributed by atoms with Crippen molar-refractivity contribution in [2.45, 2.75) is 49.7 Å². The molecule has 2 aromatic carbocycles. The summed E-state index contributed by atoms with van der Waals surface area (Å²) in [5.74, 6) is 1.14. The Morgan fingerprint density at radius 1 is 0.900 bits per heavy atom. The highest BCUT2D eigenvalue weighted by atomic mass is 35.5. The van der Waals surface area contributed by atoms with E-state index >= 15 is 0 Å². The van der Waals surface area contributed by atoms with E-state index in [9.17, 15) is 13.6 Å². The molecule has 4 heterocycles. The molecule has 1 saturated carbocycles. The van der Waals surface area contributed by atoms with Gasteiger partial charge in [0, 0.05) is 75.6 Å². The number of aromatic nitrogens is 4. The highest BCUT2D eigenvalue weighted by molar-refractivity contribution is 5.92. The van der Waals surface area contributed by atoms with Crippen molar-refractivity contribution < 1.29 is 23.0 Å². The van der Waals surface area contributed by atoms with E-state index in [0.717, 1.165) is 12.8 Å². The third kappa shape index (κ3) is 8.31. The van der Waals surface area contributed by atoms with Crippen LogP contribution in [0.5, 0.6) is 11.8 Å². The maximum atomic E-state index is 13.5. The third-order valence-corrected chi connectivity index (χ3v) is 9.45. The van der Waals surface area contributed by atoms with Crippen LogP contribution in [0.15, 0.2) is 79.3 Å². The van der Waals surface area contributed by atoms with E-state index in [-0.39, 0.29) is 60.5 Å². The maximum Gasteiger partial charge on any atom is 0.274 e. The van der Waals surface area contributed by atoms with Gasteiger partial charge in [-0.3, -0.25) is 19.6 Å². The van der Waals surface area contributed by atoms with Crippen molar-refractivity contribution in [3.63, 3.8) is 0 Å². The molecule has 1 aliphatic carbocycles. The molecule has 50 heavy (non-hydrogen) atoms. The predicted octanol–water partition coefficient (Wildman–Crippen LogP) is 5.48. The summed E-state index contributed by atoms with van der Waals surface area (Å²) in [7, 11) is 1.54. The number of benzene rings is 2. The number of amides is 1. The zero-order valence-corrected chi connectivity index (χ0v) is 29.3. The molecule has 14 heteroatoms. The van der Waals surface area contributed by atoms with Gasteiger partial charge < -0.3 is 14.4 Å². The van der Waals surface area contributed by atoms with Crippen molar-refractivity contribution in [2.75, 3.05) is 46.4 Å². The minimum absolute atomic E-state index is 0. The lowest BCUT2D eigenvalue weighted by Gasteiger charge is -2.53. The van der Waals surface area contributed by atoms with Crippen LogP contribution in [-0.2, 0) is 6.54 Å². The van der Waals surface area contributed by atoms with Gasteiger partial charge in [-0.25, -0.2) is 13.8 Å². The van der Waals surface area contributed by atoms with Gasteiger partial charge in [0.05, 0.1) is 18.9 Å². The Morgan fingerprint density at radius 3 is 2.18 bits per heavy atom. The average Bonchev–Trinajstić information content (AvgIpc) is 3.98. The first-order chi connectivity index (χ1) is 23.5. The molecular weight excluding hydrogens is 687 g/mol. The average molecular weight is 729 g/mol. The van der Waals surface area contributed by atoms with E-state index in [4.69, 9.17) is 14.5 Å². The molecular formula is C36H41Cl2F2N7O3. The van der Waals surface area contributed by atoms with E-state index in [2.05, 4.69) is 73.3 Å². The number of alkyl halides is 2. The summed E-state index contributed by atoms with van der Waals surface area (Å²) in [6.07, 6.45) is 3.85. The SMILES string of the molecule is COc1nc(C2CC2)nc(OCC(F)F)c1CN1C[C@@H]2CN(C(=O)c3cnccn3)CCN2[C@H](C(c2ccccc2)c2ccccc2)C1.Cl.Cl. The van der Waals surface area contributed by atoms with Gasteiger partial charge >= 0.3 is 0 Å². The molecule has 0 bridgehead atoms. The van der Waals surface area contributed by atoms with Crippen LogP contribution in [0.2, 0.25) is 0 Å². The van der Waals surface area contributed by atoms with Gasteiger partial charge in [0.25, 0.3) is 12.3 Å². The molecule has 0 unspecified atom stereocenters. The molecule has 7 rings (SSSR count). The molecule has 2 atom stereocenters. The van der Waals surface area contributed by atoms with Gasteiger partial charge in [-0.1, -0.05) is 60.7 Å². The van der Waals surface area contributed by atoms with Crippen molar-refractivity contribution >= 4 is 30.7 Å². The molecule has 2 aromatic heterocycles. The zero-order chi connectivity index (χ0) is 33.0. The standard InChI is InChI=1S/C36H39F2N7O3.2ClH/c1-47-34-28(35(48-23-31(37)38)42-33(41-34)26-12-13-26)21-43-19-27-20-44(36(46)29-18-39-14-15-40-29)16-17-45(27)30(22-43)32(24-8-4-2-5-9-24)25-10-6-3-7-11-25;;/h2-11,14-15,18,26-27,30-32H,12-13,16-17,19-23H2,1H3;2*1H/t27-,30+;;/m1../s1. The first-order valence-electron chi connectivity index (χ1n) is 16.5. The number of hydrogen-bond acceptors (Lipinski definition) is 9. The molecule has 0 N–H and O–H groups in total. The fraction of sp³-hybridized carbons (Fsp3) is 0.417. The smallest absolute Gasteiger partial charge is 0.274 e. The monoisotopic (exact) mass is 727 g/mol. The van der Waals surface area contributed by atoms with Crippen molar-refractivity contribution in [3.05, 3.63) is 107 Å². The van der Waals surface area contributed by atoms with Gasteiger partial charge in [0.15, 0.2) is 6.61 Å². The Kier molecular flexibility index (Phi) is 12.5. The Hall–Kier alpha value is -3.97. The molecule has 2 saturated heterocycles. The Bertz CT molecular complexity index is 1650. The van der Waals surface area contributed by atoms with E-state index in [0.29, 0.717) is 62.2 Å². The lowest BCUT2D eigenvalue weighted by Crippen LogP contribution is -2.67. The van der Waals surface area contributed by atoms with Crippen LogP contribution < -0.4 is 9.47 Å². The van der Waals surface area contributed by atoms with Crippen LogP contribution in [0.4, 0.5) is 8.78 Å².